The molecule has 0 spiro atoms. The summed E-state index contributed by atoms with van der Waals surface area (Å²) >= 11 is 0. The van der Waals surface area contributed by atoms with Crippen molar-refractivity contribution in [3.63, 3.8) is 0 Å². The Balaban J connectivity index is 2.69. The molecule has 94 valence electrons. The second-order valence-electron chi connectivity index (χ2n) is 3.91. The highest BCUT2D eigenvalue weighted by atomic mass is 16.6. The fourth-order valence-electron chi connectivity index (χ4n) is 1.33. The number of aromatic nitrogens is 2. The summed E-state index contributed by atoms with van der Waals surface area (Å²) in [6.45, 7) is 5.44. The molecule has 17 heavy (non-hydrogen) atoms. The normalized spacial score (nSPS) is 12.2. The van der Waals surface area contributed by atoms with Gasteiger partial charge in [-0.3, -0.25) is 19.6 Å². The molecule has 0 aliphatic heterocycles. The fraction of sp³-hybridized carbons (Fsp3) is 0.600. The minimum absolute atomic E-state index is 0.00398. The molecular formula is C10H16N4O3. The number of hydrogen-bond donors (Lipinski definition) is 1. The molecule has 1 aromatic heterocycles. The molecule has 0 aliphatic rings. The minimum Gasteiger partial charge on any atom is -0.352 e. The molecule has 0 radical (unpaired) electrons. The lowest BCUT2D eigenvalue weighted by molar-refractivity contribution is -0.385. The van der Waals surface area contributed by atoms with E-state index in [1.54, 1.807) is 6.92 Å². The Labute approximate surface area is 99.0 Å². The maximum Gasteiger partial charge on any atom is 0.309 e. The van der Waals surface area contributed by atoms with Gasteiger partial charge in [0.25, 0.3) is 0 Å². The van der Waals surface area contributed by atoms with Crippen LogP contribution in [0.4, 0.5) is 5.69 Å². The molecule has 7 nitrogen and oxygen atoms in total. The molecule has 1 aromatic rings. The maximum atomic E-state index is 11.6. The van der Waals surface area contributed by atoms with E-state index in [1.807, 2.05) is 13.8 Å². The fourth-order valence-corrected chi connectivity index (χ4v) is 1.33. The van der Waals surface area contributed by atoms with Crippen LogP contribution in [0.1, 0.15) is 26.0 Å². The zero-order valence-corrected chi connectivity index (χ0v) is 10.1. The third kappa shape index (κ3) is 3.27. The lowest BCUT2D eigenvalue weighted by Crippen LogP contribution is -2.35. The first-order valence-corrected chi connectivity index (χ1v) is 5.41. The lowest BCUT2D eigenvalue weighted by atomic mass is 10.2. The highest BCUT2D eigenvalue weighted by Crippen LogP contribution is 2.15. The third-order valence-corrected chi connectivity index (χ3v) is 2.59. The van der Waals surface area contributed by atoms with Crippen LogP contribution >= 0.6 is 0 Å². The van der Waals surface area contributed by atoms with Crippen LogP contribution in [0.15, 0.2) is 6.20 Å². The van der Waals surface area contributed by atoms with E-state index in [-0.39, 0.29) is 24.2 Å². The molecule has 1 unspecified atom stereocenters. The predicted molar refractivity (Wildman–Crippen MR) is 61.5 cm³/mol. The molecule has 7 heteroatoms. The van der Waals surface area contributed by atoms with Gasteiger partial charge < -0.3 is 5.32 Å². The first kappa shape index (κ1) is 13.1. The van der Waals surface area contributed by atoms with E-state index in [0.717, 1.165) is 12.6 Å². The van der Waals surface area contributed by atoms with E-state index in [0.29, 0.717) is 5.69 Å². The SMILES string of the molecule is CCC(C)NC(=O)Cn1ncc([N+](=O)[O-])c1C. The Hall–Kier alpha value is -1.92. The van der Waals surface area contributed by atoms with Crippen molar-refractivity contribution in [2.45, 2.75) is 39.8 Å². The summed E-state index contributed by atoms with van der Waals surface area (Å²) in [5.41, 5.74) is 0.315. The van der Waals surface area contributed by atoms with Crippen molar-refractivity contribution in [1.29, 1.82) is 0 Å². The van der Waals surface area contributed by atoms with E-state index < -0.39 is 4.92 Å². The summed E-state index contributed by atoms with van der Waals surface area (Å²) in [5.74, 6) is -0.194. The molecule has 0 saturated heterocycles. The van der Waals surface area contributed by atoms with Crippen molar-refractivity contribution < 1.29 is 9.72 Å². The van der Waals surface area contributed by atoms with Gasteiger partial charge in [-0.2, -0.15) is 5.10 Å². The number of carbonyl (C=O) groups is 1. The van der Waals surface area contributed by atoms with Gasteiger partial charge >= 0.3 is 5.69 Å². The van der Waals surface area contributed by atoms with Crippen LogP contribution in [0, 0.1) is 17.0 Å². The summed E-state index contributed by atoms with van der Waals surface area (Å²) in [4.78, 5) is 21.7. The Morgan fingerprint density at radius 3 is 2.82 bits per heavy atom. The molecule has 1 heterocycles. The smallest absolute Gasteiger partial charge is 0.309 e. The second kappa shape index (κ2) is 5.42. The highest BCUT2D eigenvalue weighted by molar-refractivity contribution is 5.76. The number of rotatable bonds is 5. The van der Waals surface area contributed by atoms with E-state index in [1.165, 1.54) is 4.68 Å². The number of nitrogens with one attached hydrogen (secondary N) is 1. The average Bonchev–Trinajstić information content (AvgIpc) is 2.60. The van der Waals surface area contributed by atoms with E-state index in [2.05, 4.69) is 10.4 Å². The predicted octanol–water partition coefficient (Wildman–Crippen LogP) is 1.01. The van der Waals surface area contributed by atoms with Gasteiger partial charge in [-0.05, 0) is 20.3 Å². The van der Waals surface area contributed by atoms with E-state index in [4.69, 9.17) is 0 Å². The Bertz CT molecular complexity index is 427. The molecule has 1 atom stereocenters. The van der Waals surface area contributed by atoms with Gasteiger partial charge in [0.15, 0.2) is 0 Å². The molecule has 1 amide bonds. The highest BCUT2D eigenvalue weighted by Gasteiger charge is 2.18. The topological polar surface area (TPSA) is 90.1 Å². The van der Waals surface area contributed by atoms with Crippen molar-refractivity contribution >= 4 is 11.6 Å². The lowest BCUT2D eigenvalue weighted by Gasteiger charge is -2.11. The van der Waals surface area contributed by atoms with E-state index in [9.17, 15) is 14.9 Å². The first-order chi connectivity index (χ1) is 7.95. The summed E-state index contributed by atoms with van der Waals surface area (Å²) in [7, 11) is 0. The summed E-state index contributed by atoms with van der Waals surface area (Å²) in [6.07, 6.45) is 2.00. The second-order valence-corrected chi connectivity index (χ2v) is 3.91. The molecular weight excluding hydrogens is 224 g/mol. The molecule has 0 fully saturated rings. The molecule has 0 aromatic carbocycles. The van der Waals surface area contributed by atoms with Gasteiger partial charge in [0, 0.05) is 6.04 Å². The van der Waals surface area contributed by atoms with Crippen molar-refractivity contribution in [3.05, 3.63) is 22.0 Å². The number of hydrogen-bond acceptors (Lipinski definition) is 4. The summed E-state index contributed by atoms with van der Waals surface area (Å²) in [6, 6.07) is 0.0911. The van der Waals surface area contributed by atoms with Crippen LogP contribution in [0.2, 0.25) is 0 Å². The van der Waals surface area contributed by atoms with Gasteiger partial charge in [0.2, 0.25) is 5.91 Å². The molecule has 0 aliphatic carbocycles. The monoisotopic (exact) mass is 240 g/mol. The minimum atomic E-state index is -0.509. The quantitative estimate of drug-likeness (QED) is 0.614. The largest absolute Gasteiger partial charge is 0.352 e. The summed E-state index contributed by atoms with van der Waals surface area (Å²) in [5, 5.41) is 17.2. The number of amides is 1. The standard InChI is InChI=1S/C10H16N4O3/c1-4-7(2)12-10(15)6-13-8(3)9(5-11-13)14(16)17/h5,7H,4,6H2,1-3H3,(H,12,15). The zero-order valence-electron chi connectivity index (χ0n) is 10.1. The van der Waals surface area contributed by atoms with Crippen LogP contribution in [-0.2, 0) is 11.3 Å². The van der Waals surface area contributed by atoms with Crippen LogP contribution in [-0.4, -0.2) is 26.7 Å². The zero-order chi connectivity index (χ0) is 13.0. The Kier molecular flexibility index (Phi) is 4.19. The van der Waals surface area contributed by atoms with Crippen molar-refractivity contribution in [2.75, 3.05) is 0 Å². The van der Waals surface area contributed by atoms with Crippen molar-refractivity contribution in [2.24, 2.45) is 0 Å². The van der Waals surface area contributed by atoms with E-state index >= 15 is 0 Å². The number of nitrogens with zero attached hydrogens (tertiary/aromatic N) is 3. The van der Waals surface area contributed by atoms with Gasteiger partial charge in [0.1, 0.15) is 18.4 Å². The number of carbonyl (C=O) groups excluding carboxylic acids is 1. The van der Waals surface area contributed by atoms with Crippen LogP contribution in [0.5, 0.6) is 0 Å². The van der Waals surface area contributed by atoms with Crippen molar-refractivity contribution in [1.82, 2.24) is 15.1 Å². The van der Waals surface area contributed by atoms with Crippen LogP contribution < -0.4 is 5.32 Å². The molecule has 1 rings (SSSR count). The van der Waals surface area contributed by atoms with Gasteiger partial charge in [0.05, 0.1) is 4.92 Å². The van der Waals surface area contributed by atoms with Crippen LogP contribution in [0.25, 0.3) is 0 Å². The number of nitro groups is 1. The van der Waals surface area contributed by atoms with Gasteiger partial charge in [-0.25, -0.2) is 0 Å². The third-order valence-electron chi connectivity index (χ3n) is 2.59. The average molecular weight is 240 g/mol. The molecule has 1 N–H and O–H groups in total. The van der Waals surface area contributed by atoms with Crippen LogP contribution in [0.3, 0.4) is 0 Å². The van der Waals surface area contributed by atoms with Gasteiger partial charge in [-0.1, -0.05) is 6.92 Å². The molecule has 0 bridgehead atoms. The van der Waals surface area contributed by atoms with Gasteiger partial charge in [-0.15, -0.1) is 0 Å². The first-order valence-electron chi connectivity index (χ1n) is 5.41. The summed E-state index contributed by atoms with van der Waals surface area (Å²) < 4.78 is 1.33. The Morgan fingerprint density at radius 2 is 2.35 bits per heavy atom. The van der Waals surface area contributed by atoms with Crippen molar-refractivity contribution in [3.8, 4) is 0 Å². The Morgan fingerprint density at radius 1 is 1.71 bits per heavy atom. The maximum absolute atomic E-state index is 11.6. The molecule has 0 saturated carbocycles.